The third-order valence-corrected chi connectivity index (χ3v) is 7.16. The van der Waals surface area contributed by atoms with Gasteiger partial charge in [0.2, 0.25) is 11.7 Å². The van der Waals surface area contributed by atoms with Gasteiger partial charge in [0, 0.05) is 13.0 Å². The van der Waals surface area contributed by atoms with E-state index in [0.29, 0.717) is 34.7 Å². The average molecular weight is 604 g/mol. The zero-order valence-electron chi connectivity index (χ0n) is 22.3. The van der Waals surface area contributed by atoms with Gasteiger partial charge in [-0.05, 0) is 60.5 Å². The molecule has 0 radical (unpaired) electrons. The number of alkyl halides is 1. The van der Waals surface area contributed by atoms with Gasteiger partial charge < -0.3 is 29.7 Å². The minimum Gasteiger partial charge on any atom is -0.495 e. The van der Waals surface area contributed by atoms with Crippen molar-refractivity contribution in [3.63, 3.8) is 0 Å². The lowest BCUT2D eigenvalue weighted by atomic mass is 10.1. The fourth-order valence-corrected chi connectivity index (χ4v) is 4.94. The molecule has 0 saturated carbocycles. The van der Waals surface area contributed by atoms with Crippen molar-refractivity contribution in [2.75, 3.05) is 38.0 Å². The van der Waals surface area contributed by atoms with Gasteiger partial charge in [0.05, 0.1) is 47.6 Å². The largest absolute Gasteiger partial charge is 0.495 e. The monoisotopic (exact) mass is 603 g/mol. The summed E-state index contributed by atoms with van der Waals surface area (Å²) in [7, 11) is 2.71. The standard InChI is InChI=1S/C29H28Cl2FN3O6/c1-39-24-15-18(7-12-23(24)33-28(38)34-26-21(30)5-3-6-22(26)31)16-25(36)35-14-4-13-29(35,32)17-41-20-10-8-19(9-11-20)27(37)40-2/h3,5-12,15H,4,13-14,16-17H2,1-2H3,(H2,33,34,38)/t29-/m1/s1. The second-order valence-electron chi connectivity index (χ2n) is 9.26. The molecule has 1 aliphatic heterocycles. The number of nitrogens with zero attached hydrogens (tertiary/aromatic N) is 1. The second-order valence-corrected chi connectivity index (χ2v) is 10.1. The Morgan fingerprint density at radius 2 is 1.71 bits per heavy atom. The number of ether oxygens (including phenoxy) is 3. The highest BCUT2D eigenvalue weighted by molar-refractivity contribution is 6.39. The van der Waals surface area contributed by atoms with E-state index in [1.165, 1.54) is 31.3 Å². The summed E-state index contributed by atoms with van der Waals surface area (Å²) in [6.45, 7) is -0.103. The molecule has 3 aromatic carbocycles. The van der Waals surface area contributed by atoms with Crippen LogP contribution in [0.5, 0.6) is 11.5 Å². The highest BCUT2D eigenvalue weighted by Crippen LogP contribution is 2.34. The van der Waals surface area contributed by atoms with Crippen molar-refractivity contribution in [2.45, 2.75) is 25.1 Å². The Labute approximate surface area is 246 Å². The Balaban J connectivity index is 1.38. The summed E-state index contributed by atoms with van der Waals surface area (Å²) in [6, 6.07) is 15.2. The molecule has 9 nitrogen and oxygen atoms in total. The fourth-order valence-electron chi connectivity index (χ4n) is 4.44. The molecular formula is C29H28Cl2FN3O6. The maximum absolute atomic E-state index is 15.9. The lowest BCUT2D eigenvalue weighted by Gasteiger charge is -2.31. The number of nitrogens with one attached hydrogen (secondary N) is 2. The van der Waals surface area contributed by atoms with Gasteiger partial charge in [-0.3, -0.25) is 4.79 Å². The van der Waals surface area contributed by atoms with Crippen LogP contribution in [-0.4, -0.2) is 56.0 Å². The Hall–Kier alpha value is -4.02. The molecule has 4 rings (SSSR count). The van der Waals surface area contributed by atoms with Gasteiger partial charge in [0.15, 0.2) is 0 Å². The van der Waals surface area contributed by atoms with E-state index in [0.717, 1.165) is 0 Å². The van der Waals surface area contributed by atoms with Crippen LogP contribution in [0.2, 0.25) is 10.0 Å². The Morgan fingerprint density at radius 3 is 2.37 bits per heavy atom. The van der Waals surface area contributed by atoms with Gasteiger partial charge in [-0.2, -0.15) is 0 Å². The number of esters is 1. The topological polar surface area (TPSA) is 106 Å². The van der Waals surface area contributed by atoms with Gasteiger partial charge in [-0.25, -0.2) is 14.0 Å². The summed E-state index contributed by atoms with van der Waals surface area (Å²) < 4.78 is 31.6. The SMILES string of the molecule is COC(=O)c1ccc(OC[C@@]2(F)CCCN2C(=O)Cc2ccc(NC(=O)Nc3c(Cl)cccc3Cl)c(OC)c2)cc1. The van der Waals surface area contributed by atoms with Gasteiger partial charge >= 0.3 is 12.0 Å². The Kier molecular flexibility index (Phi) is 9.57. The van der Waals surface area contributed by atoms with Crippen LogP contribution < -0.4 is 20.1 Å². The lowest BCUT2D eigenvalue weighted by molar-refractivity contribution is -0.144. The number of carbonyl (C=O) groups is 3. The van der Waals surface area contributed by atoms with Gasteiger partial charge in [0.25, 0.3) is 0 Å². The molecule has 0 unspecified atom stereocenters. The summed E-state index contributed by atoms with van der Waals surface area (Å²) in [5, 5.41) is 5.83. The van der Waals surface area contributed by atoms with Crippen LogP contribution in [0.4, 0.5) is 20.6 Å². The normalized spacial score (nSPS) is 16.2. The molecule has 12 heteroatoms. The predicted octanol–water partition coefficient (Wildman–Crippen LogP) is 6.34. The van der Waals surface area contributed by atoms with Crippen molar-refractivity contribution in [2.24, 2.45) is 0 Å². The van der Waals surface area contributed by atoms with E-state index in [4.69, 9.17) is 32.7 Å². The summed E-state index contributed by atoms with van der Waals surface area (Å²) in [5.41, 5.74) is 1.52. The van der Waals surface area contributed by atoms with E-state index < -0.39 is 23.7 Å². The van der Waals surface area contributed by atoms with E-state index in [-0.39, 0.29) is 41.7 Å². The zero-order chi connectivity index (χ0) is 29.6. The van der Waals surface area contributed by atoms with Crippen LogP contribution in [0.15, 0.2) is 60.7 Å². The minimum absolute atomic E-state index is 0.0858. The number of halogens is 3. The van der Waals surface area contributed by atoms with E-state index in [1.807, 2.05) is 0 Å². The van der Waals surface area contributed by atoms with Crippen LogP contribution in [0.25, 0.3) is 0 Å². The molecule has 0 spiro atoms. The first-order chi connectivity index (χ1) is 19.6. The maximum atomic E-state index is 15.9. The Morgan fingerprint density at radius 1 is 1.00 bits per heavy atom. The number of urea groups is 1. The summed E-state index contributed by atoms with van der Waals surface area (Å²) >= 11 is 12.2. The van der Waals surface area contributed by atoms with Crippen LogP contribution in [0, 0.1) is 0 Å². The zero-order valence-corrected chi connectivity index (χ0v) is 23.9. The maximum Gasteiger partial charge on any atom is 0.337 e. The highest BCUT2D eigenvalue weighted by Gasteiger charge is 2.44. The molecule has 41 heavy (non-hydrogen) atoms. The van der Waals surface area contributed by atoms with Crippen LogP contribution in [-0.2, 0) is 16.0 Å². The summed E-state index contributed by atoms with van der Waals surface area (Å²) in [5.74, 6) is -2.22. The van der Waals surface area contributed by atoms with Crippen molar-refractivity contribution >= 4 is 52.5 Å². The van der Waals surface area contributed by atoms with Crippen molar-refractivity contribution in [3.8, 4) is 11.5 Å². The molecule has 0 aliphatic carbocycles. The van der Waals surface area contributed by atoms with Gasteiger partial charge in [0.1, 0.15) is 18.1 Å². The highest BCUT2D eigenvalue weighted by atomic mass is 35.5. The third kappa shape index (κ3) is 7.20. The van der Waals surface area contributed by atoms with Crippen molar-refractivity contribution in [1.29, 1.82) is 0 Å². The van der Waals surface area contributed by atoms with Crippen molar-refractivity contribution < 1.29 is 33.0 Å². The molecule has 3 amide bonds. The van der Waals surface area contributed by atoms with E-state index in [9.17, 15) is 14.4 Å². The second kappa shape index (κ2) is 13.1. The summed E-state index contributed by atoms with van der Waals surface area (Å²) in [4.78, 5) is 38.5. The van der Waals surface area contributed by atoms with Crippen LogP contribution in [0.3, 0.4) is 0 Å². The molecule has 1 atom stereocenters. The van der Waals surface area contributed by atoms with Gasteiger partial charge in [-0.1, -0.05) is 35.3 Å². The number of para-hydroxylation sites is 1. The number of hydrogen-bond acceptors (Lipinski definition) is 6. The van der Waals surface area contributed by atoms with E-state index in [2.05, 4.69) is 15.4 Å². The summed E-state index contributed by atoms with van der Waals surface area (Å²) in [6.07, 6.45) is 0.539. The van der Waals surface area contributed by atoms with E-state index in [1.54, 1.807) is 48.5 Å². The van der Waals surface area contributed by atoms with Crippen molar-refractivity contribution in [1.82, 2.24) is 4.90 Å². The van der Waals surface area contributed by atoms with Crippen LogP contribution in [0.1, 0.15) is 28.8 Å². The molecule has 1 saturated heterocycles. The molecule has 3 aromatic rings. The molecule has 1 fully saturated rings. The number of anilines is 2. The first-order valence-electron chi connectivity index (χ1n) is 12.6. The first kappa shape index (κ1) is 30.0. The number of hydrogen-bond donors (Lipinski definition) is 2. The van der Waals surface area contributed by atoms with Crippen LogP contribution >= 0.6 is 23.2 Å². The predicted molar refractivity (Wildman–Crippen MR) is 154 cm³/mol. The molecule has 1 heterocycles. The average Bonchev–Trinajstić information content (AvgIpc) is 3.36. The quantitative estimate of drug-likeness (QED) is 0.218. The number of likely N-dealkylation sites (tertiary alicyclic amines) is 1. The molecule has 216 valence electrons. The van der Waals surface area contributed by atoms with E-state index >= 15 is 4.39 Å². The number of carbonyl (C=O) groups excluding carboxylic acids is 3. The first-order valence-corrected chi connectivity index (χ1v) is 13.4. The Bertz CT molecular complexity index is 1420. The lowest BCUT2D eigenvalue weighted by Crippen LogP contribution is -2.48. The third-order valence-electron chi connectivity index (χ3n) is 6.53. The minimum atomic E-state index is -1.98. The molecule has 0 bridgehead atoms. The molecular weight excluding hydrogens is 576 g/mol. The molecule has 2 N–H and O–H groups in total. The van der Waals surface area contributed by atoms with Gasteiger partial charge in [-0.15, -0.1) is 0 Å². The fraction of sp³-hybridized carbons (Fsp3) is 0.276. The van der Waals surface area contributed by atoms with Crippen molar-refractivity contribution in [3.05, 3.63) is 81.8 Å². The number of benzene rings is 3. The number of amides is 3. The number of methoxy groups -OCH3 is 2. The smallest absolute Gasteiger partial charge is 0.337 e. The molecule has 0 aromatic heterocycles. The number of rotatable bonds is 9. The molecule has 1 aliphatic rings.